The molecule has 0 aliphatic heterocycles. The van der Waals surface area contributed by atoms with Crippen LogP contribution in [0, 0.1) is 6.92 Å². The molecule has 0 atom stereocenters. The molecule has 0 saturated carbocycles. The van der Waals surface area contributed by atoms with E-state index in [1.807, 2.05) is 18.2 Å². The summed E-state index contributed by atoms with van der Waals surface area (Å²) in [6.45, 7) is 4.17. The number of aryl methyl sites for hydroxylation is 1. The third-order valence-corrected chi connectivity index (χ3v) is 2.44. The highest BCUT2D eigenvalue weighted by molar-refractivity contribution is 6.25. The number of unbranched alkanes of at least 4 members (excludes halogenated alkanes) is 1. The minimum absolute atomic E-state index is 0.885. The van der Waals surface area contributed by atoms with Crippen molar-refractivity contribution in [2.45, 2.75) is 32.0 Å². The molecule has 0 saturated heterocycles. The van der Waals surface area contributed by atoms with Gasteiger partial charge in [-0.3, -0.25) is 0 Å². The molecule has 1 aromatic carbocycles. The van der Waals surface area contributed by atoms with Gasteiger partial charge in [0, 0.05) is 0 Å². The Morgan fingerprint density at radius 3 is 2.08 bits per heavy atom. The van der Waals surface area contributed by atoms with E-state index in [9.17, 15) is 3.52 Å². The molecule has 0 radical (unpaired) electrons. The van der Waals surface area contributed by atoms with Gasteiger partial charge in [0.15, 0.2) is 0 Å². The Hall–Kier alpha value is -0.318. The average Bonchev–Trinajstić information content (AvgIpc) is 2.17. The molecule has 0 unspecified atom stereocenters. The Morgan fingerprint density at radius 1 is 1.23 bits per heavy atom. The van der Waals surface area contributed by atoms with Crippen LogP contribution in [0.4, 0.5) is 3.52 Å². The minimum atomic E-state index is -1.10. The first-order chi connectivity index (χ1) is 6.31. The molecule has 0 spiro atoms. The van der Waals surface area contributed by atoms with Crippen LogP contribution in [0.3, 0.4) is 0 Å². The van der Waals surface area contributed by atoms with Crippen molar-refractivity contribution < 1.29 is 3.52 Å². The van der Waals surface area contributed by atoms with E-state index in [0.29, 0.717) is 0 Å². The van der Waals surface area contributed by atoms with E-state index in [1.165, 1.54) is 5.56 Å². The first-order valence-corrected chi connectivity index (χ1v) is 6.42. The van der Waals surface area contributed by atoms with Gasteiger partial charge in [0.25, 0.3) is 0 Å². The monoisotopic (exact) mass is 196 g/mol. The molecule has 0 bridgehead atoms. The molecule has 0 aliphatic carbocycles. The highest BCUT2D eigenvalue weighted by Gasteiger charge is 1.86. The van der Waals surface area contributed by atoms with Crippen molar-refractivity contribution in [3.63, 3.8) is 0 Å². The molecular formula is C11H18AlF. The number of hydrogen-bond donors (Lipinski definition) is 0. The summed E-state index contributed by atoms with van der Waals surface area (Å²) in [6, 6.07) is 10.3. The van der Waals surface area contributed by atoms with Crippen LogP contribution in [0.5, 0.6) is 0 Å². The van der Waals surface area contributed by atoms with E-state index in [1.54, 1.807) is 0 Å². The van der Waals surface area contributed by atoms with E-state index in [4.69, 9.17) is 0 Å². The fourth-order valence-electron chi connectivity index (χ4n) is 0.879. The van der Waals surface area contributed by atoms with Gasteiger partial charge in [-0.15, -0.1) is 0 Å². The van der Waals surface area contributed by atoms with Crippen molar-refractivity contribution in [2.24, 2.45) is 0 Å². The maximum Gasteiger partial charge on any atom is 0.494 e. The molecule has 0 fully saturated rings. The van der Waals surface area contributed by atoms with Crippen LogP contribution in [-0.2, 0) is 0 Å². The summed E-state index contributed by atoms with van der Waals surface area (Å²) in [7, 11) is 0. The Balaban J connectivity index is 0.000000226. The first-order valence-electron chi connectivity index (χ1n) is 4.89. The fourth-order valence-corrected chi connectivity index (χ4v) is 1.57. The summed E-state index contributed by atoms with van der Waals surface area (Å²) in [5.74, 6) is 0. The molecule has 1 aromatic rings. The normalized spacial score (nSPS) is 8.54. The minimum Gasteiger partial charge on any atom is -0.424 e. The number of rotatable bonds is 3. The van der Waals surface area contributed by atoms with Gasteiger partial charge < -0.3 is 3.52 Å². The number of hydrogen-bond acceptors (Lipinski definition) is 0. The van der Waals surface area contributed by atoms with Crippen LogP contribution in [-0.4, -0.2) is 15.7 Å². The third kappa shape index (κ3) is 9.60. The Morgan fingerprint density at radius 2 is 1.85 bits per heavy atom. The van der Waals surface area contributed by atoms with Crippen LogP contribution in [0.15, 0.2) is 30.3 Å². The lowest BCUT2D eigenvalue weighted by molar-refractivity contribution is 0.808. The lowest BCUT2D eigenvalue weighted by atomic mass is 10.2. The quantitative estimate of drug-likeness (QED) is 0.512. The molecule has 0 nitrogen and oxygen atoms in total. The third-order valence-electron chi connectivity index (χ3n) is 1.68. The smallest absolute Gasteiger partial charge is 0.424 e. The lowest BCUT2D eigenvalue weighted by Gasteiger charge is -1.82. The van der Waals surface area contributed by atoms with Crippen molar-refractivity contribution >= 4 is 15.7 Å². The molecular weight excluding hydrogens is 178 g/mol. The topological polar surface area (TPSA) is 0 Å². The summed E-state index contributed by atoms with van der Waals surface area (Å²) < 4.78 is 11.3. The average molecular weight is 196 g/mol. The number of halogens is 1. The molecule has 13 heavy (non-hydrogen) atoms. The van der Waals surface area contributed by atoms with Crippen LogP contribution in [0.2, 0.25) is 5.28 Å². The molecule has 0 amide bonds. The fraction of sp³-hybridized carbons (Fsp3) is 0.455. The highest BCUT2D eigenvalue weighted by atomic mass is 27.2. The van der Waals surface area contributed by atoms with Gasteiger partial charge in [0.2, 0.25) is 0 Å². The SMILES string of the molecule is CCC[CH2][AlH][F].Cc1ccccc1. The molecule has 0 aliphatic rings. The van der Waals surface area contributed by atoms with Gasteiger partial charge in [-0.25, -0.2) is 0 Å². The van der Waals surface area contributed by atoms with Crippen LogP contribution in [0.1, 0.15) is 25.3 Å². The summed E-state index contributed by atoms with van der Waals surface area (Å²) in [5, 5.41) is 0.885. The summed E-state index contributed by atoms with van der Waals surface area (Å²) in [5.41, 5.74) is 1.32. The van der Waals surface area contributed by atoms with Crippen molar-refractivity contribution in [3.8, 4) is 0 Å². The summed E-state index contributed by atoms with van der Waals surface area (Å²) in [6.07, 6.45) is 2.25. The summed E-state index contributed by atoms with van der Waals surface area (Å²) in [4.78, 5) is 0. The largest absolute Gasteiger partial charge is 0.494 e. The zero-order valence-electron chi connectivity index (χ0n) is 8.59. The second-order valence-electron chi connectivity index (χ2n) is 3.05. The molecule has 72 valence electrons. The van der Waals surface area contributed by atoms with Crippen molar-refractivity contribution in [1.29, 1.82) is 0 Å². The Bertz CT molecular complexity index is 183. The van der Waals surface area contributed by atoms with Gasteiger partial charge in [-0.05, 0) is 6.92 Å². The second kappa shape index (κ2) is 9.77. The van der Waals surface area contributed by atoms with E-state index < -0.39 is 15.7 Å². The molecule has 0 heterocycles. The van der Waals surface area contributed by atoms with E-state index in [-0.39, 0.29) is 0 Å². The first kappa shape index (κ1) is 12.7. The second-order valence-corrected chi connectivity index (χ2v) is 4.14. The maximum atomic E-state index is 11.3. The van der Waals surface area contributed by atoms with Crippen LogP contribution in [0.25, 0.3) is 0 Å². The molecule has 1 rings (SSSR count). The van der Waals surface area contributed by atoms with Crippen molar-refractivity contribution in [2.75, 3.05) is 0 Å². The van der Waals surface area contributed by atoms with Crippen LogP contribution >= 0.6 is 0 Å². The van der Waals surface area contributed by atoms with E-state index >= 15 is 0 Å². The number of benzene rings is 1. The molecule has 0 aromatic heterocycles. The van der Waals surface area contributed by atoms with Crippen LogP contribution < -0.4 is 0 Å². The lowest BCUT2D eigenvalue weighted by Crippen LogP contribution is -1.75. The van der Waals surface area contributed by atoms with Crippen molar-refractivity contribution in [3.05, 3.63) is 35.9 Å². The molecule has 2 heteroatoms. The van der Waals surface area contributed by atoms with E-state index in [0.717, 1.165) is 18.1 Å². The molecule has 0 N–H and O–H groups in total. The van der Waals surface area contributed by atoms with Gasteiger partial charge >= 0.3 is 15.7 Å². The highest BCUT2D eigenvalue weighted by Crippen LogP contribution is 1.92. The van der Waals surface area contributed by atoms with Crippen molar-refractivity contribution in [1.82, 2.24) is 0 Å². The van der Waals surface area contributed by atoms with Gasteiger partial charge in [0.05, 0.1) is 0 Å². The van der Waals surface area contributed by atoms with Gasteiger partial charge in [0.1, 0.15) is 0 Å². The Kier molecular flexibility index (Phi) is 9.53. The summed E-state index contributed by atoms with van der Waals surface area (Å²) >= 11 is -1.10. The van der Waals surface area contributed by atoms with Gasteiger partial charge in [-0.2, -0.15) is 0 Å². The van der Waals surface area contributed by atoms with Gasteiger partial charge in [-0.1, -0.05) is 60.9 Å². The zero-order valence-corrected chi connectivity index (χ0v) is 10.0. The predicted molar refractivity (Wildman–Crippen MR) is 59.2 cm³/mol. The zero-order chi connectivity index (χ0) is 9.94. The predicted octanol–water partition coefficient (Wildman–Crippen LogP) is 3.52. The standard InChI is InChI=1S/C7H8.C4H9.Al.FH.H/c1-7-5-3-2-4-6-7;1-3-4-2;;;/h2-6H,1H3;1,3-4H2,2H3;;1H;/q;;+1;;/p-1. The van der Waals surface area contributed by atoms with E-state index in [2.05, 4.69) is 26.0 Å². The maximum absolute atomic E-state index is 11.3. The Labute approximate surface area is 87.4 Å².